The van der Waals surface area contributed by atoms with Crippen molar-refractivity contribution in [3.8, 4) is 0 Å². The molecule has 0 aliphatic heterocycles. The summed E-state index contributed by atoms with van der Waals surface area (Å²) in [4.78, 5) is 7.58. The number of para-hydroxylation sites is 2. The summed E-state index contributed by atoms with van der Waals surface area (Å²) in [5.41, 5.74) is 2.07. The molecule has 0 amide bonds. The third-order valence-corrected chi connectivity index (χ3v) is 2.39. The minimum atomic E-state index is 0.904. The van der Waals surface area contributed by atoms with Crippen LogP contribution in [-0.2, 0) is 0 Å². The Morgan fingerprint density at radius 3 is 3.00 bits per heavy atom. The van der Waals surface area contributed by atoms with E-state index < -0.39 is 0 Å². The molecule has 1 aromatic heterocycles. The second-order valence-corrected chi connectivity index (χ2v) is 3.44. The quantitative estimate of drug-likeness (QED) is 0.752. The third kappa shape index (κ3) is 1.75. The Kier molecular flexibility index (Phi) is 2.36. The normalized spacial score (nSPS) is 10.5. The van der Waals surface area contributed by atoms with Crippen molar-refractivity contribution in [1.82, 2.24) is 9.97 Å². The zero-order valence-electron chi connectivity index (χ0n) is 7.03. The van der Waals surface area contributed by atoms with E-state index in [1.807, 2.05) is 30.0 Å². The zero-order chi connectivity index (χ0) is 9.10. The van der Waals surface area contributed by atoms with Crippen molar-refractivity contribution in [1.29, 1.82) is 0 Å². The average molecular weight is 189 g/mol. The van der Waals surface area contributed by atoms with Crippen LogP contribution in [0.4, 0.5) is 0 Å². The molecule has 13 heavy (non-hydrogen) atoms. The summed E-state index contributed by atoms with van der Waals surface area (Å²) in [6.45, 7) is 3.61. The van der Waals surface area contributed by atoms with E-state index in [1.54, 1.807) is 6.08 Å². The first-order valence-corrected chi connectivity index (χ1v) is 4.84. The SMILES string of the molecule is C=C[CH]Sc1nc2ccccc2[nH]1. The molecule has 0 saturated carbocycles. The van der Waals surface area contributed by atoms with Crippen molar-refractivity contribution < 1.29 is 0 Å². The van der Waals surface area contributed by atoms with Gasteiger partial charge in [-0.15, -0.1) is 6.58 Å². The van der Waals surface area contributed by atoms with Crippen LogP contribution in [0, 0.1) is 5.75 Å². The van der Waals surface area contributed by atoms with E-state index in [-0.39, 0.29) is 0 Å². The minimum absolute atomic E-state index is 0.904. The average Bonchev–Trinajstić information content (AvgIpc) is 2.57. The fraction of sp³-hybridized carbons (Fsp3) is 0. The smallest absolute Gasteiger partial charge is 0.166 e. The number of nitrogens with zero attached hydrogens (tertiary/aromatic N) is 1. The van der Waals surface area contributed by atoms with Gasteiger partial charge in [-0.05, 0) is 12.1 Å². The first kappa shape index (κ1) is 8.38. The molecule has 0 aliphatic rings. The molecule has 2 nitrogen and oxygen atoms in total. The monoisotopic (exact) mass is 189 g/mol. The standard InChI is InChI=1S/C10H9N2S/c1-2-7-13-10-11-8-5-3-4-6-9(8)12-10/h2-7H,1H2,(H,11,12). The van der Waals surface area contributed by atoms with Crippen LogP contribution in [0.5, 0.6) is 0 Å². The number of nitrogens with one attached hydrogen (secondary N) is 1. The molecule has 1 N–H and O–H groups in total. The predicted octanol–water partition coefficient (Wildman–Crippen LogP) is 3.00. The highest BCUT2D eigenvalue weighted by atomic mass is 32.2. The molecule has 3 heteroatoms. The number of benzene rings is 1. The molecule has 2 aromatic rings. The lowest BCUT2D eigenvalue weighted by Gasteiger charge is -1.87. The number of aromatic nitrogens is 2. The number of imidazole rings is 1. The molecule has 1 aromatic carbocycles. The Morgan fingerprint density at radius 1 is 1.38 bits per heavy atom. The second-order valence-electron chi connectivity index (χ2n) is 2.55. The van der Waals surface area contributed by atoms with Crippen LogP contribution >= 0.6 is 11.8 Å². The van der Waals surface area contributed by atoms with Crippen LogP contribution < -0.4 is 0 Å². The van der Waals surface area contributed by atoms with Crippen molar-refractivity contribution in [2.24, 2.45) is 0 Å². The van der Waals surface area contributed by atoms with Gasteiger partial charge in [0.25, 0.3) is 0 Å². The second kappa shape index (κ2) is 3.66. The highest BCUT2D eigenvalue weighted by Gasteiger charge is 2.00. The molecule has 2 rings (SSSR count). The molecule has 0 saturated heterocycles. The summed E-state index contributed by atoms with van der Waals surface area (Å²) >= 11 is 1.54. The molecule has 65 valence electrons. The van der Waals surface area contributed by atoms with E-state index in [4.69, 9.17) is 0 Å². The van der Waals surface area contributed by atoms with E-state index in [2.05, 4.69) is 16.5 Å². The van der Waals surface area contributed by atoms with Crippen LogP contribution in [0.1, 0.15) is 0 Å². The van der Waals surface area contributed by atoms with Gasteiger partial charge >= 0.3 is 0 Å². The first-order chi connectivity index (χ1) is 6.40. The van der Waals surface area contributed by atoms with Gasteiger partial charge in [-0.3, -0.25) is 0 Å². The molecule has 1 radical (unpaired) electrons. The Hall–Kier alpha value is -1.22. The third-order valence-electron chi connectivity index (χ3n) is 1.64. The maximum absolute atomic E-state index is 4.38. The Morgan fingerprint density at radius 2 is 2.23 bits per heavy atom. The van der Waals surface area contributed by atoms with Gasteiger partial charge in [0.1, 0.15) is 0 Å². The van der Waals surface area contributed by atoms with Crippen LogP contribution in [0.2, 0.25) is 0 Å². The highest BCUT2D eigenvalue weighted by Crippen LogP contribution is 2.20. The minimum Gasteiger partial charge on any atom is -0.333 e. The summed E-state index contributed by atoms with van der Waals surface area (Å²) in [7, 11) is 0. The summed E-state index contributed by atoms with van der Waals surface area (Å²) in [5.74, 6) is 1.90. The van der Waals surface area contributed by atoms with Crippen molar-refractivity contribution in [3.63, 3.8) is 0 Å². The Labute approximate surface area is 81.1 Å². The predicted molar refractivity (Wildman–Crippen MR) is 56.4 cm³/mol. The van der Waals surface area contributed by atoms with Gasteiger partial charge in [-0.2, -0.15) is 0 Å². The molecule has 1 heterocycles. The van der Waals surface area contributed by atoms with Crippen LogP contribution in [0.3, 0.4) is 0 Å². The van der Waals surface area contributed by atoms with E-state index in [0.717, 1.165) is 16.2 Å². The number of hydrogen-bond acceptors (Lipinski definition) is 2. The number of fused-ring (bicyclic) bond motifs is 1. The van der Waals surface area contributed by atoms with E-state index in [0.29, 0.717) is 0 Å². The molecule has 0 unspecified atom stereocenters. The highest BCUT2D eigenvalue weighted by molar-refractivity contribution is 8.01. The van der Waals surface area contributed by atoms with E-state index in [9.17, 15) is 0 Å². The van der Waals surface area contributed by atoms with Gasteiger partial charge in [0.05, 0.1) is 11.0 Å². The molecular weight excluding hydrogens is 180 g/mol. The summed E-state index contributed by atoms with van der Waals surface area (Å²) in [5, 5.41) is 0.904. The molecule has 0 fully saturated rings. The maximum atomic E-state index is 4.38. The van der Waals surface area contributed by atoms with Gasteiger partial charge < -0.3 is 4.98 Å². The van der Waals surface area contributed by atoms with Crippen molar-refractivity contribution in [2.75, 3.05) is 0 Å². The van der Waals surface area contributed by atoms with Crippen molar-refractivity contribution in [2.45, 2.75) is 5.16 Å². The molecule has 0 aliphatic carbocycles. The van der Waals surface area contributed by atoms with Gasteiger partial charge in [0, 0.05) is 5.75 Å². The number of hydrogen-bond donors (Lipinski definition) is 1. The van der Waals surface area contributed by atoms with Crippen LogP contribution in [0.15, 0.2) is 42.1 Å². The fourth-order valence-electron chi connectivity index (χ4n) is 1.10. The maximum Gasteiger partial charge on any atom is 0.166 e. The number of aromatic amines is 1. The van der Waals surface area contributed by atoms with Gasteiger partial charge in [-0.25, -0.2) is 4.98 Å². The molecular formula is C10H9N2S. The van der Waals surface area contributed by atoms with Crippen molar-refractivity contribution in [3.05, 3.63) is 42.7 Å². The summed E-state index contributed by atoms with van der Waals surface area (Å²) in [6, 6.07) is 7.98. The lowest BCUT2D eigenvalue weighted by molar-refractivity contribution is 1.09. The van der Waals surface area contributed by atoms with E-state index in [1.165, 1.54) is 11.8 Å². The van der Waals surface area contributed by atoms with Crippen LogP contribution in [-0.4, -0.2) is 9.97 Å². The topological polar surface area (TPSA) is 28.7 Å². The van der Waals surface area contributed by atoms with E-state index >= 15 is 0 Å². The molecule has 0 spiro atoms. The largest absolute Gasteiger partial charge is 0.333 e. The Bertz CT molecular complexity index is 387. The Balaban J connectivity index is 2.32. The summed E-state index contributed by atoms with van der Waals surface area (Å²) < 4.78 is 0. The lowest BCUT2D eigenvalue weighted by Crippen LogP contribution is -1.70. The zero-order valence-corrected chi connectivity index (χ0v) is 7.84. The van der Waals surface area contributed by atoms with Gasteiger partial charge in [0.2, 0.25) is 0 Å². The van der Waals surface area contributed by atoms with Crippen LogP contribution in [0.25, 0.3) is 11.0 Å². The lowest BCUT2D eigenvalue weighted by atomic mass is 10.3. The first-order valence-electron chi connectivity index (χ1n) is 3.96. The van der Waals surface area contributed by atoms with Crippen molar-refractivity contribution >= 4 is 22.8 Å². The van der Waals surface area contributed by atoms with Gasteiger partial charge in [-0.1, -0.05) is 30.0 Å². The summed E-state index contributed by atoms with van der Waals surface area (Å²) in [6.07, 6.45) is 1.75. The molecule has 0 bridgehead atoms. The number of rotatable bonds is 3. The number of thioether (sulfide) groups is 1. The number of H-pyrrole nitrogens is 1. The van der Waals surface area contributed by atoms with Gasteiger partial charge in [0.15, 0.2) is 5.16 Å². The molecule has 0 atom stereocenters. The fourth-order valence-corrected chi connectivity index (χ4v) is 1.64.